The molecule has 7 nitrogen and oxygen atoms in total. The van der Waals surface area contributed by atoms with Crippen LogP contribution in [0.2, 0.25) is 0 Å². The Labute approximate surface area is 108 Å². The van der Waals surface area contributed by atoms with Gasteiger partial charge in [0.25, 0.3) is 0 Å². The van der Waals surface area contributed by atoms with Crippen LogP contribution >= 0.6 is 0 Å². The van der Waals surface area contributed by atoms with Gasteiger partial charge in [0.05, 0.1) is 17.8 Å². The van der Waals surface area contributed by atoms with Gasteiger partial charge in [0.15, 0.2) is 11.5 Å². The Kier molecular flexibility index (Phi) is 2.66. The number of ether oxygens (including phenoxy) is 2. The third kappa shape index (κ3) is 2.14. The van der Waals surface area contributed by atoms with Crippen molar-refractivity contribution in [3.8, 4) is 11.5 Å². The molecule has 0 saturated heterocycles. The third-order valence-corrected chi connectivity index (χ3v) is 2.97. The lowest BCUT2D eigenvalue weighted by molar-refractivity contribution is -0.138. The molecular formula is C12H12N2O5. The normalized spacial score (nSPS) is 20.0. The van der Waals surface area contributed by atoms with Gasteiger partial charge in [0, 0.05) is 12.1 Å². The van der Waals surface area contributed by atoms with Crippen molar-refractivity contribution in [1.82, 2.24) is 0 Å². The predicted molar refractivity (Wildman–Crippen MR) is 65.7 cm³/mol. The van der Waals surface area contributed by atoms with Crippen molar-refractivity contribution < 1.29 is 24.2 Å². The molecule has 0 bridgehead atoms. The number of benzene rings is 1. The lowest BCUT2D eigenvalue weighted by Crippen LogP contribution is -2.40. The highest BCUT2D eigenvalue weighted by Gasteiger charge is 2.29. The number of nitrogens with one attached hydrogen (secondary N) is 2. The summed E-state index contributed by atoms with van der Waals surface area (Å²) >= 11 is 0. The van der Waals surface area contributed by atoms with E-state index in [2.05, 4.69) is 10.6 Å². The zero-order valence-corrected chi connectivity index (χ0v) is 9.93. The summed E-state index contributed by atoms with van der Waals surface area (Å²) in [6.45, 7) is 0.936. The fourth-order valence-corrected chi connectivity index (χ4v) is 2.10. The molecule has 19 heavy (non-hydrogen) atoms. The molecule has 3 rings (SSSR count). The summed E-state index contributed by atoms with van der Waals surface area (Å²) in [7, 11) is 0. The van der Waals surface area contributed by atoms with Crippen LogP contribution in [0.4, 0.5) is 11.4 Å². The number of hydrogen-bond donors (Lipinski definition) is 3. The van der Waals surface area contributed by atoms with E-state index in [1.807, 2.05) is 0 Å². The van der Waals surface area contributed by atoms with E-state index in [0.717, 1.165) is 0 Å². The minimum absolute atomic E-state index is 0.278. The number of carboxylic acid groups (broad SMARTS) is 1. The van der Waals surface area contributed by atoms with Crippen LogP contribution in [0.5, 0.6) is 11.5 Å². The van der Waals surface area contributed by atoms with Crippen LogP contribution in [0.25, 0.3) is 0 Å². The average Bonchev–Trinajstić information content (AvgIpc) is 2.37. The molecule has 2 aliphatic rings. The first-order valence-corrected chi connectivity index (χ1v) is 5.86. The molecule has 1 aromatic carbocycles. The molecule has 100 valence electrons. The quantitative estimate of drug-likeness (QED) is 0.726. The number of carbonyl (C=O) groups is 2. The first-order valence-electron chi connectivity index (χ1n) is 5.86. The van der Waals surface area contributed by atoms with Crippen molar-refractivity contribution in [3.05, 3.63) is 12.1 Å². The summed E-state index contributed by atoms with van der Waals surface area (Å²) in [6.07, 6.45) is -0.278. The molecule has 0 fully saturated rings. The van der Waals surface area contributed by atoms with Crippen LogP contribution < -0.4 is 20.1 Å². The van der Waals surface area contributed by atoms with Crippen molar-refractivity contribution in [2.24, 2.45) is 0 Å². The average molecular weight is 264 g/mol. The first-order chi connectivity index (χ1) is 9.13. The second-order valence-electron chi connectivity index (χ2n) is 4.33. The molecule has 1 atom stereocenters. The number of carboxylic acids is 1. The van der Waals surface area contributed by atoms with E-state index in [1.165, 1.54) is 0 Å². The minimum atomic E-state index is -1.03. The van der Waals surface area contributed by atoms with E-state index in [0.29, 0.717) is 36.1 Å². The Morgan fingerprint density at radius 2 is 1.89 bits per heavy atom. The minimum Gasteiger partial charge on any atom is -0.486 e. The van der Waals surface area contributed by atoms with Gasteiger partial charge >= 0.3 is 5.97 Å². The van der Waals surface area contributed by atoms with Gasteiger partial charge in [-0.3, -0.25) is 9.59 Å². The molecule has 0 saturated carbocycles. The molecule has 2 heterocycles. The van der Waals surface area contributed by atoms with Gasteiger partial charge in [0.2, 0.25) is 5.91 Å². The summed E-state index contributed by atoms with van der Waals surface area (Å²) in [5.74, 6) is -0.244. The molecule has 7 heteroatoms. The smallest absolute Gasteiger partial charge is 0.305 e. The van der Waals surface area contributed by atoms with E-state index < -0.39 is 12.0 Å². The maximum atomic E-state index is 11.8. The molecule has 0 aromatic heterocycles. The monoisotopic (exact) mass is 264 g/mol. The van der Waals surface area contributed by atoms with Crippen LogP contribution in [-0.2, 0) is 9.59 Å². The highest BCUT2D eigenvalue weighted by Crippen LogP contribution is 2.40. The van der Waals surface area contributed by atoms with E-state index in [-0.39, 0.29) is 12.3 Å². The second kappa shape index (κ2) is 4.34. The highest BCUT2D eigenvalue weighted by atomic mass is 16.6. The van der Waals surface area contributed by atoms with E-state index in [4.69, 9.17) is 14.6 Å². The molecule has 2 aliphatic heterocycles. The van der Waals surface area contributed by atoms with Gasteiger partial charge < -0.3 is 25.2 Å². The molecule has 0 aliphatic carbocycles. The number of amides is 1. The summed E-state index contributed by atoms with van der Waals surface area (Å²) in [5.41, 5.74) is 1.20. The van der Waals surface area contributed by atoms with Crippen LogP contribution in [0.1, 0.15) is 6.42 Å². The zero-order chi connectivity index (χ0) is 13.4. The van der Waals surface area contributed by atoms with Gasteiger partial charge in [0.1, 0.15) is 19.3 Å². The highest BCUT2D eigenvalue weighted by molar-refractivity contribution is 6.04. The molecule has 3 N–H and O–H groups in total. The Bertz CT molecular complexity index is 557. The maximum Gasteiger partial charge on any atom is 0.305 e. The topological polar surface area (TPSA) is 96.9 Å². The summed E-state index contributed by atoms with van der Waals surface area (Å²) in [5, 5.41) is 14.3. The fraction of sp³-hybridized carbons (Fsp3) is 0.333. The Morgan fingerprint density at radius 1 is 1.26 bits per heavy atom. The number of hydrogen-bond acceptors (Lipinski definition) is 5. The predicted octanol–water partition coefficient (Wildman–Crippen LogP) is 0.665. The van der Waals surface area contributed by atoms with E-state index in [1.54, 1.807) is 12.1 Å². The number of carbonyl (C=O) groups excluding carboxylic acids is 1. The number of aliphatic carboxylic acids is 1. The van der Waals surface area contributed by atoms with E-state index in [9.17, 15) is 9.59 Å². The lowest BCUT2D eigenvalue weighted by Gasteiger charge is -2.28. The third-order valence-electron chi connectivity index (χ3n) is 2.97. The summed E-state index contributed by atoms with van der Waals surface area (Å²) in [4.78, 5) is 22.4. The molecule has 0 radical (unpaired) electrons. The van der Waals surface area contributed by atoms with Gasteiger partial charge in [-0.2, -0.15) is 0 Å². The lowest BCUT2D eigenvalue weighted by atomic mass is 10.1. The van der Waals surface area contributed by atoms with Gasteiger partial charge in [-0.25, -0.2) is 0 Å². The fourth-order valence-electron chi connectivity index (χ4n) is 2.10. The van der Waals surface area contributed by atoms with Gasteiger partial charge in [-0.1, -0.05) is 0 Å². The van der Waals surface area contributed by atoms with Crippen LogP contribution in [-0.4, -0.2) is 36.2 Å². The summed E-state index contributed by atoms with van der Waals surface area (Å²) in [6, 6.07) is 2.59. The van der Waals surface area contributed by atoms with Crippen molar-refractivity contribution >= 4 is 23.3 Å². The standard InChI is InChI=1S/C12H12N2O5/c15-11(16)5-8-12(17)14-7-4-10-9(3-6(7)13-8)18-1-2-19-10/h3-4,8,13H,1-2,5H2,(H,14,17)(H,15,16). The van der Waals surface area contributed by atoms with Gasteiger partial charge in [-0.05, 0) is 0 Å². The zero-order valence-electron chi connectivity index (χ0n) is 9.93. The van der Waals surface area contributed by atoms with E-state index >= 15 is 0 Å². The van der Waals surface area contributed by atoms with Crippen LogP contribution in [0.3, 0.4) is 0 Å². The molecule has 1 amide bonds. The molecular weight excluding hydrogens is 252 g/mol. The van der Waals surface area contributed by atoms with Crippen molar-refractivity contribution in [2.75, 3.05) is 23.8 Å². The maximum absolute atomic E-state index is 11.8. The Balaban J connectivity index is 1.91. The Morgan fingerprint density at radius 3 is 2.53 bits per heavy atom. The van der Waals surface area contributed by atoms with Crippen molar-refractivity contribution in [2.45, 2.75) is 12.5 Å². The molecule has 1 unspecified atom stereocenters. The number of rotatable bonds is 2. The Hall–Kier alpha value is -2.44. The number of anilines is 2. The SMILES string of the molecule is O=C(O)CC1Nc2cc3c(cc2NC1=O)OCCO3. The van der Waals surface area contributed by atoms with Crippen molar-refractivity contribution in [3.63, 3.8) is 0 Å². The van der Waals surface area contributed by atoms with Crippen molar-refractivity contribution in [1.29, 1.82) is 0 Å². The first kappa shape index (κ1) is 11.6. The molecule has 0 spiro atoms. The molecule has 1 aromatic rings. The number of fused-ring (bicyclic) bond motifs is 2. The second-order valence-corrected chi connectivity index (χ2v) is 4.33. The van der Waals surface area contributed by atoms with Crippen LogP contribution in [0, 0.1) is 0 Å². The summed E-state index contributed by atoms with van der Waals surface area (Å²) < 4.78 is 10.9. The largest absolute Gasteiger partial charge is 0.486 e. The van der Waals surface area contributed by atoms with Crippen LogP contribution in [0.15, 0.2) is 12.1 Å². The van der Waals surface area contributed by atoms with Gasteiger partial charge in [-0.15, -0.1) is 0 Å².